The van der Waals surface area contributed by atoms with Crippen LogP contribution in [0.2, 0.25) is 0 Å². The van der Waals surface area contributed by atoms with Crippen molar-refractivity contribution in [2.75, 3.05) is 13.2 Å². The van der Waals surface area contributed by atoms with E-state index in [1.54, 1.807) is 0 Å². The van der Waals surface area contributed by atoms with Gasteiger partial charge in [0.1, 0.15) is 13.2 Å². The minimum Gasteiger partial charge on any atom is -0.462 e. The molecule has 0 rings (SSSR count). The van der Waals surface area contributed by atoms with Gasteiger partial charge in [-0.1, -0.05) is 316 Å². The van der Waals surface area contributed by atoms with Crippen molar-refractivity contribution in [3.63, 3.8) is 0 Å². The lowest BCUT2D eigenvalue weighted by Crippen LogP contribution is -2.30. The minimum atomic E-state index is -0.761. The van der Waals surface area contributed by atoms with Crippen LogP contribution >= 0.6 is 0 Å². The maximum Gasteiger partial charge on any atom is 0.306 e. The Morgan fingerprint density at radius 3 is 0.597 bits per heavy atom. The van der Waals surface area contributed by atoms with E-state index in [4.69, 9.17) is 14.2 Å². The van der Waals surface area contributed by atoms with Crippen LogP contribution in [-0.2, 0) is 28.6 Å². The first-order chi connectivity index (χ1) is 33.0. The molecule has 6 nitrogen and oxygen atoms in total. The highest BCUT2D eigenvalue weighted by molar-refractivity contribution is 5.71. The highest BCUT2D eigenvalue weighted by Crippen LogP contribution is 2.18. The van der Waals surface area contributed by atoms with Crippen molar-refractivity contribution < 1.29 is 28.6 Å². The molecule has 0 bridgehead atoms. The van der Waals surface area contributed by atoms with Crippen LogP contribution in [0.4, 0.5) is 0 Å². The van der Waals surface area contributed by atoms with E-state index in [1.165, 1.54) is 257 Å². The molecule has 1 atom stereocenters. The molecule has 0 saturated carbocycles. The van der Waals surface area contributed by atoms with Crippen molar-refractivity contribution >= 4 is 17.9 Å². The molecule has 6 heteroatoms. The van der Waals surface area contributed by atoms with Crippen molar-refractivity contribution in [2.45, 2.75) is 361 Å². The summed E-state index contributed by atoms with van der Waals surface area (Å²) in [5.74, 6) is -0.827. The third-order valence-electron chi connectivity index (χ3n) is 14.1. The van der Waals surface area contributed by atoms with Gasteiger partial charge in [-0.25, -0.2) is 0 Å². The summed E-state index contributed by atoms with van der Waals surface area (Å²) in [7, 11) is 0. The lowest BCUT2D eigenvalue weighted by Gasteiger charge is -2.18. The van der Waals surface area contributed by atoms with Crippen LogP contribution in [0.3, 0.4) is 0 Å². The van der Waals surface area contributed by atoms with Gasteiger partial charge in [0.05, 0.1) is 0 Å². The van der Waals surface area contributed by atoms with Crippen LogP contribution in [0.5, 0.6) is 0 Å². The summed E-state index contributed by atoms with van der Waals surface area (Å²) < 4.78 is 16.9. The zero-order valence-corrected chi connectivity index (χ0v) is 45.7. The molecular formula is C61H118O6. The Morgan fingerprint density at radius 2 is 0.403 bits per heavy atom. The number of hydrogen-bond acceptors (Lipinski definition) is 6. The maximum absolute atomic E-state index is 12.9. The van der Waals surface area contributed by atoms with Gasteiger partial charge in [-0.2, -0.15) is 0 Å². The van der Waals surface area contributed by atoms with Crippen molar-refractivity contribution in [1.29, 1.82) is 0 Å². The Labute approximate surface area is 418 Å². The van der Waals surface area contributed by atoms with Gasteiger partial charge in [0.15, 0.2) is 6.10 Å². The number of esters is 3. The van der Waals surface area contributed by atoms with Crippen LogP contribution in [0.15, 0.2) is 0 Å². The molecule has 0 aromatic heterocycles. The quantitative estimate of drug-likeness (QED) is 0.0343. The van der Waals surface area contributed by atoms with Gasteiger partial charge in [-0.05, 0) is 19.3 Å². The molecular weight excluding hydrogens is 829 g/mol. The fraction of sp³-hybridized carbons (Fsp3) is 0.951. The molecule has 0 heterocycles. The van der Waals surface area contributed by atoms with Crippen molar-refractivity contribution in [3.8, 4) is 0 Å². The highest BCUT2D eigenvalue weighted by Gasteiger charge is 2.19. The Bertz CT molecular complexity index is 998. The third kappa shape index (κ3) is 55.2. The number of rotatable bonds is 57. The molecule has 0 N–H and O–H groups in total. The topological polar surface area (TPSA) is 78.9 Å². The van der Waals surface area contributed by atoms with Gasteiger partial charge < -0.3 is 14.2 Å². The van der Waals surface area contributed by atoms with Crippen molar-refractivity contribution in [1.82, 2.24) is 0 Å². The lowest BCUT2D eigenvalue weighted by atomic mass is 10.0. The predicted octanol–water partition coefficient (Wildman–Crippen LogP) is 20.3. The molecule has 0 fully saturated rings. The molecule has 0 aliphatic heterocycles. The molecule has 0 aliphatic rings. The molecule has 0 saturated heterocycles. The zero-order chi connectivity index (χ0) is 48.6. The largest absolute Gasteiger partial charge is 0.462 e. The van der Waals surface area contributed by atoms with E-state index in [0.717, 1.165) is 57.8 Å². The van der Waals surface area contributed by atoms with E-state index in [9.17, 15) is 14.4 Å². The van der Waals surface area contributed by atoms with Gasteiger partial charge >= 0.3 is 17.9 Å². The normalized spacial score (nSPS) is 11.9. The smallest absolute Gasteiger partial charge is 0.306 e. The average molecular weight is 948 g/mol. The second kappa shape index (κ2) is 57.0. The molecule has 0 aromatic carbocycles. The monoisotopic (exact) mass is 947 g/mol. The summed E-state index contributed by atoms with van der Waals surface area (Å²) in [6.45, 7) is 6.72. The SMILES string of the molecule is CCCCCCCCCCCCCCCCCCCCC(=O)OC[C@@H](COC(=O)CCCCCCCCCCCCCCCCC)OC(=O)CCCCCCCCCCCCCCCCCC. The van der Waals surface area contributed by atoms with Crippen LogP contribution in [0.1, 0.15) is 355 Å². The predicted molar refractivity (Wildman–Crippen MR) is 289 cm³/mol. The summed E-state index contributed by atoms with van der Waals surface area (Å²) in [6, 6.07) is 0. The van der Waals surface area contributed by atoms with E-state index in [0.29, 0.717) is 19.3 Å². The maximum atomic E-state index is 12.9. The summed E-state index contributed by atoms with van der Waals surface area (Å²) in [5.41, 5.74) is 0. The van der Waals surface area contributed by atoms with Crippen molar-refractivity contribution in [3.05, 3.63) is 0 Å². The molecule has 0 spiro atoms. The second-order valence-corrected chi connectivity index (χ2v) is 21.0. The number of ether oxygens (including phenoxy) is 3. The van der Waals surface area contributed by atoms with Gasteiger partial charge in [0.2, 0.25) is 0 Å². The molecule has 398 valence electrons. The van der Waals surface area contributed by atoms with E-state index >= 15 is 0 Å². The summed E-state index contributed by atoms with van der Waals surface area (Å²) >= 11 is 0. The van der Waals surface area contributed by atoms with E-state index < -0.39 is 6.10 Å². The van der Waals surface area contributed by atoms with Crippen LogP contribution < -0.4 is 0 Å². The molecule has 0 unspecified atom stereocenters. The molecule has 0 aliphatic carbocycles. The molecule has 67 heavy (non-hydrogen) atoms. The summed E-state index contributed by atoms with van der Waals surface area (Å²) in [5, 5.41) is 0. The number of hydrogen-bond donors (Lipinski definition) is 0. The molecule has 0 amide bonds. The molecule has 0 radical (unpaired) electrons. The number of unbranched alkanes of at least 4 members (excludes halogenated alkanes) is 46. The van der Waals surface area contributed by atoms with E-state index in [2.05, 4.69) is 20.8 Å². The first-order valence-electron chi connectivity index (χ1n) is 30.5. The highest BCUT2D eigenvalue weighted by atomic mass is 16.6. The fourth-order valence-corrected chi connectivity index (χ4v) is 9.51. The zero-order valence-electron chi connectivity index (χ0n) is 45.7. The lowest BCUT2D eigenvalue weighted by molar-refractivity contribution is -0.167. The summed E-state index contributed by atoms with van der Waals surface area (Å²) in [4.78, 5) is 38.2. The standard InChI is InChI=1S/C61H118O6/c1-4-7-10-13-16-19-22-25-28-30-31-34-36-39-42-45-48-51-54-60(63)66-57-58(56-65-59(62)53-50-47-44-41-38-35-32-27-24-21-18-15-12-9-6-3)67-61(64)55-52-49-46-43-40-37-33-29-26-23-20-17-14-11-8-5-2/h58H,4-57H2,1-3H3/t58-/m1/s1. The van der Waals surface area contributed by atoms with Crippen LogP contribution in [-0.4, -0.2) is 37.2 Å². The van der Waals surface area contributed by atoms with Crippen LogP contribution in [0.25, 0.3) is 0 Å². The van der Waals surface area contributed by atoms with Gasteiger partial charge in [-0.15, -0.1) is 0 Å². The fourth-order valence-electron chi connectivity index (χ4n) is 9.51. The first kappa shape index (κ1) is 65.4. The van der Waals surface area contributed by atoms with E-state index in [-0.39, 0.29) is 31.1 Å². The van der Waals surface area contributed by atoms with Crippen LogP contribution in [0, 0.1) is 0 Å². The van der Waals surface area contributed by atoms with E-state index in [1.807, 2.05) is 0 Å². The summed E-state index contributed by atoms with van der Waals surface area (Å²) in [6.07, 6.45) is 63.8. The van der Waals surface area contributed by atoms with Crippen molar-refractivity contribution in [2.24, 2.45) is 0 Å². The minimum absolute atomic E-state index is 0.0607. The van der Waals surface area contributed by atoms with Gasteiger partial charge in [0, 0.05) is 19.3 Å². The number of carbonyl (C=O) groups excluding carboxylic acids is 3. The number of carbonyl (C=O) groups is 3. The first-order valence-corrected chi connectivity index (χ1v) is 30.5. The van der Waals surface area contributed by atoms with Gasteiger partial charge in [-0.3, -0.25) is 14.4 Å². The molecule has 0 aromatic rings. The Hall–Kier alpha value is -1.59. The van der Waals surface area contributed by atoms with Gasteiger partial charge in [0.25, 0.3) is 0 Å². The Kier molecular flexibility index (Phi) is 55.6. The average Bonchev–Trinajstić information content (AvgIpc) is 3.33. The Balaban J connectivity index is 4.28. The Morgan fingerprint density at radius 1 is 0.239 bits per heavy atom. The second-order valence-electron chi connectivity index (χ2n) is 21.0. The third-order valence-corrected chi connectivity index (χ3v) is 14.1.